The second-order valence-corrected chi connectivity index (χ2v) is 3.53. The Balaban J connectivity index is 2.82. The predicted octanol–water partition coefficient (Wildman–Crippen LogP) is 3.04. The van der Waals surface area contributed by atoms with E-state index in [0.717, 1.165) is 5.56 Å². The van der Waals surface area contributed by atoms with Crippen LogP contribution in [0.1, 0.15) is 19.4 Å². The largest absolute Gasteiger partial charge is 0.226 e. The molecule has 66 valence electrons. The van der Waals surface area contributed by atoms with Gasteiger partial charge < -0.3 is 0 Å². The first kappa shape index (κ1) is 9.55. The van der Waals surface area contributed by atoms with Crippen LogP contribution in [0.15, 0.2) is 30.3 Å². The maximum absolute atomic E-state index is 12.0. The first-order chi connectivity index (χ1) is 5.67. The molecule has 1 N–H and O–H groups in total. The topological polar surface area (TPSA) is 12.0 Å². The standard InChI is InChI=1S/C9H12FNS/c1-9(2,11-12-10)8-6-4-3-5-7-8/h3-7,11H,1-2H3. The summed E-state index contributed by atoms with van der Waals surface area (Å²) in [6, 6.07) is 9.79. The molecule has 0 aliphatic rings. The second-order valence-electron chi connectivity index (χ2n) is 3.17. The number of nitrogens with one attached hydrogen (secondary N) is 1. The fraction of sp³-hybridized carbons (Fsp3) is 0.333. The molecule has 0 saturated carbocycles. The fourth-order valence-electron chi connectivity index (χ4n) is 1.01. The van der Waals surface area contributed by atoms with Crippen molar-refractivity contribution in [1.82, 2.24) is 4.72 Å². The minimum absolute atomic E-state index is 0.153. The Bertz CT molecular complexity index is 236. The molecule has 0 heterocycles. The number of hydrogen-bond acceptors (Lipinski definition) is 2. The minimum Gasteiger partial charge on any atom is -0.226 e. The number of halogens is 1. The van der Waals surface area contributed by atoms with Crippen molar-refractivity contribution in [3.8, 4) is 0 Å². The molecule has 0 spiro atoms. The van der Waals surface area contributed by atoms with Crippen molar-refractivity contribution >= 4 is 12.3 Å². The summed E-state index contributed by atoms with van der Waals surface area (Å²) in [5.41, 5.74) is 0.760. The van der Waals surface area contributed by atoms with E-state index in [9.17, 15) is 3.89 Å². The van der Waals surface area contributed by atoms with Crippen LogP contribution in [0, 0.1) is 0 Å². The molecule has 0 amide bonds. The van der Waals surface area contributed by atoms with E-state index < -0.39 is 0 Å². The molecule has 0 aliphatic heterocycles. The summed E-state index contributed by atoms with van der Waals surface area (Å²) in [6.07, 6.45) is 0. The van der Waals surface area contributed by atoms with E-state index in [4.69, 9.17) is 0 Å². The van der Waals surface area contributed by atoms with E-state index in [1.165, 1.54) is 0 Å². The highest BCUT2D eigenvalue weighted by atomic mass is 32.2. The third-order valence-corrected chi connectivity index (χ3v) is 2.38. The van der Waals surface area contributed by atoms with Crippen molar-refractivity contribution in [3.05, 3.63) is 35.9 Å². The summed E-state index contributed by atoms with van der Waals surface area (Å²) in [5, 5.41) is 0. The van der Waals surface area contributed by atoms with Crippen LogP contribution in [-0.2, 0) is 5.54 Å². The lowest BCUT2D eigenvalue weighted by molar-refractivity contribution is 0.504. The maximum atomic E-state index is 12.0. The lowest BCUT2D eigenvalue weighted by atomic mass is 9.96. The monoisotopic (exact) mass is 185 g/mol. The first-order valence-corrected chi connectivity index (χ1v) is 4.49. The summed E-state index contributed by atoms with van der Waals surface area (Å²) in [7, 11) is 0. The molecule has 3 heteroatoms. The molecule has 0 unspecified atom stereocenters. The Morgan fingerprint density at radius 2 is 1.83 bits per heavy atom. The van der Waals surface area contributed by atoms with Gasteiger partial charge in [0.1, 0.15) is 12.3 Å². The zero-order chi connectivity index (χ0) is 9.03. The highest BCUT2D eigenvalue weighted by Crippen LogP contribution is 2.22. The molecule has 1 aromatic rings. The lowest BCUT2D eigenvalue weighted by Gasteiger charge is -2.23. The summed E-state index contributed by atoms with van der Waals surface area (Å²) in [4.78, 5) is 0. The Morgan fingerprint density at radius 1 is 1.25 bits per heavy atom. The Morgan fingerprint density at radius 3 is 2.33 bits per heavy atom. The Kier molecular flexibility index (Phi) is 3.12. The molecule has 1 aromatic carbocycles. The molecule has 0 radical (unpaired) electrons. The third-order valence-electron chi connectivity index (χ3n) is 1.79. The van der Waals surface area contributed by atoms with E-state index in [-0.39, 0.29) is 17.9 Å². The summed E-state index contributed by atoms with van der Waals surface area (Å²) >= 11 is 0.153. The summed E-state index contributed by atoms with van der Waals surface area (Å²) < 4.78 is 14.7. The minimum atomic E-state index is -0.319. The van der Waals surface area contributed by atoms with E-state index in [1.807, 2.05) is 44.2 Å². The van der Waals surface area contributed by atoms with Crippen LogP contribution in [-0.4, -0.2) is 0 Å². The van der Waals surface area contributed by atoms with Gasteiger partial charge in [-0.2, -0.15) is 0 Å². The smallest absolute Gasteiger partial charge is 0.132 e. The lowest BCUT2D eigenvalue weighted by Crippen LogP contribution is -2.30. The number of rotatable bonds is 3. The molecule has 1 rings (SSSR count). The van der Waals surface area contributed by atoms with Gasteiger partial charge in [-0.3, -0.25) is 0 Å². The fourth-order valence-corrected chi connectivity index (χ4v) is 1.32. The first-order valence-electron chi connectivity index (χ1n) is 3.77. The van der Waals surface area contributed by atoms with Gasteiger partial charge in [-0.25, -0.2) is 4.72 Å². The zero-order valence-corrected chi connectivity index (χ0v) is 7.99. The normalized spacial score (nSPS) is 11.6. The molecule has 0 atom stereocenters. The molecular weight excluding hydrogens is 173 g/mol. The van der Waals surface area contributed by atoms with Crippen LogP contribution >= 0.6 is 12.3 Å². The molecule has 1 nitrogen and oxygen atoms in total. The van der Waals surface area contributed by atoms with Crippen molar-refractivity contribution in [2.75, 3.05) is 0 Å². The highest BCUT2D eigenvalue weighted by molar-refractivity contribution is 7.92. The van der Waals surface area contributed by atoms with E-state index in [2.05, 4.69) is 4.72 Å². The zero-order valence-electron chi connectivity index (χ0n) is 7.17. The van der Waals surface area contributed by atoms with Gasteiger partial charge >= 0.3 is 0 Å². The van der Waals surface area contributed by atoms with Crippen molar-refractivity contribution in [2.45, 2.75) is 19.4 Å². The highest BCUT2D eigenvalue weighted by Gasteiger charge is 2.19. The van der Waals surface area contributed by atoms with Gasteiger partial charge in [0.25, 0.3) is 0 Å². The summed E-state index contributed by atoms with van der Waals surface area (Å²) in [6.45, 7) is 3.88. The SMILES string of the molecule is CC(C)(NSF)c1ccccc1. The molecular formula is C9H12FNS. The Hall–Kier alpha value is -0.540. The van der Waals surface area contributed by atoms with Gasteiger partial charge in [0, 0.05) is 5.54 Å². The van der Waals surface area contributed by atoms with Crippen molar-refractivity contribution in [2.24, 2.45) is 0 Å². The van der Waals surface area contributed by atoms with Crippen LogP contribution in [0.2, 0.25) is 0 Å². The van der Waals surface area contributed by atoms with E-state index in [0.29, 0.717) is 0 Å². The van der Waals surface area contributed by atoms with Gasteiger partial charge in [-0.05, 0) is 19.4 Å². The van der Waals surface area contributed by atoms with E-state index >= 15 is 0 Å². The average molecular weight is 185 g/mol. The van der Waals surface area contributed by atoms with Gasteiger partial charge in [0.2, 0.25) is 0 Å². The maximum Gasteiger partial charge on any atom is 0.132 e. The molecule has 0 aliphatic carbocycles. The average Bonchev–Trinajstić information content (AvgIpc) is 2.06. The van der Waals surface area contributed by atoms with Crippen LogP contribution in [0.25, 0.3) is 0 Å². The van der Waals surface area contributed by atoms with E-state index in [1.54, 1.807) is 0 Å². The van der Waals surface area contributed by atoms with Crippen molar-refractivity contribution < 1.29 is 3.89 Å². The van der Waals surface area contributed by atoms with Gasteiger partial charge in [-0.1, -0.05) is 30.3 Å². The Labute approximate surface area is 76.8 Å². The van der Waals surface area contributed by atoms with Crippen LogP contribution < -0.4 is 4.72 Å². The van der Waals surface area contributed by atoms with Gasteiger partial charge in [-0.15, -0.1) is 3.89 Å². The third kappa shape index (κ3) is 2.22. The number of benzene rings is 1. The predicted molar refractivity (Wildman–Crippen MR) is 51.3 cm³/mol. The van der Waals surface area contributed by atoms with Crippen LogP contribution in [0.5, 0.6) is 0 Å². The van der Waals surface area contributed by atoms with Crippen LogP contribution in [0.4, 0.5) is 3.89 Å². The molecule has 0 saturated heterocycles. The van der Waals surface area contributed by atoms with Gasteiger partial charge in [0.05, 0.1) is 0 Å². The van der Waals surface area contributed by atoms with Crippen LogP contribution in [0.3, 0.4) is 0 Å². The quantitative estimate of drug-likeness (QED) is 0.726. The molecule has 0 aromatic heterocycles. The number of hydrogen-bond donors (Lipinski definition) is 1. The molecule has 0 fully saturated rings. The van der Waals surface area contributed by atoms with Crippen molar-refractivity contribution in [1.29, 1.82) is 0 Å². The molecule has 0 bridgehead atoms. The molecule has 12 heavy (non-hydrogen) atoms. The summed E-state index contributed by atoms with van der Waals surface area (Å²) in [5.74, 6) is 0. The van der Waals surface area contributed by atoms with Crippen molar-refractivity contribution in [3.63, 3.8) is 0 Å². The second kappa shape index (κ2) is 3.92. The van der Waals surface area contributed by atoms with Gasteiger partial charge in [0.15, 0.2) is 0 Å².